The van der Waals surface area contributed by atoms with Crippen LogP contribution in [0.1, 0.15) is 12.7 Å². The molecule has 2 heterocycles. The molecule has 2 aromatic heterocycles. The van der Waals surface area contributed by atoms with E-state index in [2.05, 4.69) is 10.1 Å². The van der Waals surface area contributed by atoms with Crippen molar-refractivity contribution in [2.45, 2.75) is 13.8 Å². The minimum Gasteiger partial charge on any atom is -0.497 e. The van der Waals surface area contributed by atoms with Crippen molar-refractivity contribution in [2.75, 3.05) is 20.3 Å². The van der Waals surface area contributed by atoms with E-state index in [4.69, 9.17) is 23.8 Å². The molecule has 0 N–H and O–H groups in total. The Balaban J connectivity index is 1.64. The number of benzene rings is 2. The summed E-state index contributed by atoms with van der Waals surface area (Å²) >= 11 is 0. The van der Waals surface area contributed by atoms with E-state index in [0.717, 1.165) is 22.7 Å². The van der Waals surface area contributed by atoms with E-state index in [1.807, 2.05) is 59.3 Å². The summed E-state index contributed by atoms with van der Waals surface area (Å²) in [5.74, 6) is 1.98. The third-order valence-electron chi connectivity index (χ3n) is 4.58. The highest BCUT2D eigenvalue weighted by molar-refractivity contribution is 5.68. The summed E-state index contributed by atoms with van der Waals surface area (Å²) in [6, 6.07) is 17.1. The van der Waals surface area contributed by atoms with Gasteiger partial charge in [-0.1, -0.05) is 5.16 Å². The van der Waals surface area contributed by atoms with Crippen molar-refractivity contribution in [1.82, 2.24) is 19.9 Å². The van der Waals surface area contributed by atoms with E-state index >= 15 is 0 Å². The van der Waals surface area contributed by atoms with Crippen LogP contribution in [0.5, 0.6) is 11.5 Å². The molecular formula is C23H22N4O5. The standard InChI is InChI=1S/C23H22N4O5/c1-15-24-23(32-26-15)21-14-22(27(25-21)18-6-10-19(29-3)11-7-18)17-4-8-20(9-5-17)31-13-12-30-16(2)28/h4-11,14H,12-13H2,1-3H3. The number of rotatable bonds is 8. The predicted molar refractivity (Wildman–Crippen MR) is 116 cm³/mol. The number of aryl methyl sites for hydroxylation is 1. The predicted octanol–water partition coefficient (Wildman–Crippen LogP) is 3.85. The SMILES string of the molecule is COc1ccc(-n2nc(-c3nc(C)no3)cc2-c2ccc(OCCOC(C)=O)cc2)cc1. The highest BCUT2D eigenvalue weighted by Gasteiger charge is 2.17. The van der Waals surface area contributed by atoms with Crippen molar-refractivity contribution in [2.24, 2.45) is 0 Å². The van der Waals surface area contributed by atoms with Gasteiger partial charge in [0.1, 0.15) is 24.7 Å². The first-order valence-electron chi connectivity index (χ1n) is 9.95. The van der Waals surface area contributed by atoms with Crippen LogP contribution in [-0.4, -0.2) is 46.2 Å². The first-order chi connectivity index (χ1) is 15.5. The van der Waals surface area contributed by atoms with Gasteiger partial charge < -0.3 is 18.7 Å². The molecule has 0 unspecified atom stereocenters. The lowest BCUT2D eigenvalue weighted by Gasteiger charge is -2.10. The molecule has 0 aliphatic rings. The zero-order valence-electron chi connectivity index (χ0n) is 17.9. The normalized spacial score (nSPS) is 10.7. The second kappa shape index (κ2) is 9.34. The fourth-order valence-corrected chi connectivity index (χ4v) is 3.08. The Labute approximate surface area is 184 Å². The van der Waals surface area contributed by atoms with Crippen LogP contribution in [0.15, 0.2) is 59.1 Å². The van der Waals surface area contributed by atoms with E-state index in [1.165, 1.54) is 6.92 Å². The lowest BCUT2D eigenvalue weighted by Crippen LogP contribution is -2.09. The molecule has 4 aromatic rings. The summed E-state index contributed by atoms with van der Waals surface area (Å²) in [6.45, 7) is 3.61. The summed E-state index contributed by atoms with van der Waals surface area (Å²) in [6.07, 6.45) is 0. The van der Waals surface area contributed by atoms with Crippen molar-refractivity contribution in [3.05, 3.63) is 60.4 Å². The van der Waals surface area contributed by atoms with Gasteiger partial charge in [-0.25, -0.2) is 4.68 Å². The number of nitrogens with zero attached hydrogens (tertiary/aromatic N) is 4. The first kappa shape index (κ1) is 21.1. The Morgan fingerprint density at radius 3 is 2.38 bits per heavy atom. The molecule has 2 aromatic carbocycles. The fourth-order valence-electron chi connectivity index (χ4n) is 3.08. The third-order valence-corrected chi connectivity index (χ3v) is 4.58. The van der Waals surface area contributed by atoms with Gasteiger partial charge in [-0.05, 0) is 61.5 Å². The number of esters is 1. The van der Waals surface area contributed by atoms with E-state index in [9.17, 15) is 4.79 Å². The number of hydrogen-bond donors (Lipinski definition) is 0. The van der Waals surface area contributed by atoms with Crippen LogP contribution in [0.25, 0.3) is 28.5 Å². The number of aromatic nitrogens is 4. The van der Waals surface area contributed by atoms with Crippen LogP contribution in [0, 0.1) is 6.92 Å². The van der Waals surface area contributed by atoms with Gasteiger partial charge in [0.15, 0.2) is 11.5 Å². The maximum atomic E-state index is 10.8. The molecule has 0 fully saturated rings. The molecule has 32 heavy (non-hydrogen) atoms. The monoisotopic (exact) mass is 434 g/mol. The number of carbonyl (C=O) groups is 1. The lowest BCUT2D eigenvalue weighted by atomic mass is 10.1. The Morgan fingerprint density at radius 2 is 1.75 bits per heavy atom. The molecular weight excluding hydrogens is 412 g/mol. The maximum absolute atomic E-state index is 10.8. The van der Waals surface area contributed by atoms with Gasteiger partial charge >= 0.3 is 5.97 Å². The van der Waals surface area contributed by atoms with Crippen molar-refractivity contribution in [1.29, 1.82) is 0 Å². The lowest BCUT2D eigenvalue weighted by molar-refractivity contribution is -0.141. The maximum Gasteiger partial charge on any atom is 0.302 e. The molecule has 164 valence electrons. The molecule has 0 radical (unpaired) electrons. The van der Waals surface area contributed by atoms with E-state index < -0.39 is 0 Å². The quantitative estimate of drug-likeness (QED) is 0.304. The molecule has 0 bridgehead atoms. The molecule has 0 amide bonds. The molecule has 0 aliphatic heterocycles. The van der Waals surface area contributed by atoms with Crippen molar-refractivity contribution >= 4 is 5.97 Å². The van der Waals surface area contributed by atoms with Gasteiger partial charge in [0, 0.05) is 12.5 Å². The summed E-state index contributed by atoms with van der Waals surface area (Å²) in [4.78, 5) is 15.1. The average molecular weight is 434 g/mol. The summed E-state index contributed by atoms with van der Waals surface area (Å²) < 4.78 is 22.9. The van der Waals surface area contributed by atoms with Gasteiger partial charge in [0.25, 0.3) is 5.89 Å². The second-order valence-corrected chi connectivity index (χ2v) is 6.88. The Hall–Kier alpha value is -4.14. The zero-order valence-corrected chi connectivity index (χ0v) is 17.9. The molecule has 4 rings (SSSR count). The number of methoxy groups -OCH3 is 1. The molecule has 9 nitrogen and oxygen atoms in total. The van der Waals surface area contributed by atoms with E-state index in [1.54, 1.807) is 14.0 Å². The molecule has 0 atom stereocenters. The van der Waals surface area contributed by atoms with E-state index in [-0.39, 0.29) is 19.2 Å². The van der Waals surface area contributed by atoms with Gasteiger partial charge in [0.2, 0.25) is 0 Å². The summed E-state index contributed by atoms with van der Waals surface area (Å²) in [7, 11) is 1.63. The zero-order chi connectivity index (χ0) is 22.5. The molecule has 0 aliphatic carbocycles. The van der Waals surface area contributed by atoms with Crippen molar-refractivity contribution in [3.63, 3.8) is 0 Å². The average Bonchev–Trinajstić information content (AvgIpc) is 3.44. The molecule has 0 saturated heterocycles. The van der Waals surface area contributed by atoms with Gasteiger partial charge in [-0.3, -0.25) is 4.79 Å². The number of carbonyl (C=O) groups excluding carboxylic acids is 1. The minimum atomic E-state index is -0.331. The van der Waals surface area contributed by atoms with E-state index in [0.29, 0.717) is 23.2 Å². The Kier molecular flexibility index (Phi) is 6.16. The van der Waals surface area contributed by atoms with Crippen LogP contribution in [0.4, 0.5) is 0 Å². The molecule has 0 spiro atoms. The topological polar surface area (TPSA) is 102 Å². The summed E-state index contributed by atoms with van der Waals surface area (Å²) in [5, 5.41) is 8.55. The smallest absolute Gasteiger partial charge is 0.302 e. The molecule has 9 heteroatoms. The van der Waals surface area contributed by atoms with Crippen LogP contribution < -0.4 is 9.47 Å². The van der Waals surface area contributed by atoms with Gasteiger partial charge in [-0.2, -0.15) is 10.1 Å². The molecule has 0 saturated carbocycles. The largest absolute Gasteiger partial charge is 0.497 e. The third kappa shape index (κ3) is 4.77. The van der Waals surface area contributed by atoms with Gasteiger partial charge in [-0.15, -0.1) is 0 Å². The fraction of sp³-hybridized carbons (Fsp3) is 0.217. The van der Waals surface area contributed by atoms with Crippen LogP contribution >= 0.6 is 0 Å². The Bertz CT molecular complexity index is 1200. The van der Waals surface area contributed by atoms with Crippen LogP contribution in [0.2, 0.25) is 0 Å². The van der Waals surface area contributed by atoms with Gasteiger partial charge in [0.05, 0.1) is 18.5 Å². The number of ether oxygens (including phenoxy) is 3. The minimum absolute atomic E-state index is 0.203. The van der Waals surface area contributed by atoms with Crippen molar-refractivity contribution < 1.29 is 23.5 Å². The summed E-state index contributed by atoms with van der Waals surface area (Å²) in [5.41, 5.74) is 3.18. The highest BCUT2D eigenvalue weighted by Crippen LogP contribution is 2.30. The van der Waals surface area contributed by atoms with Crippen LogP contribution in [0.3, 0.4) is 0 Å². The second-order valence-electron chi connectivity index (χ2n) is 6.88. The Morgan fingerprint density at radius 1 is 1.03 bits per heavy atom. The van der Waals surface area contributed by atoms with Crippen LogP contribution in [-0.2, 0) is 9.53 Å². The number of hydrogen-bond acceptors (Lipinski definition) is 8. The first-order valence-corrected chi connectivity index (χ1v) is 9.95. The van der Waals surface area contributed by atoms with Crippen molar-refractivity contribution in [3.8, 4) is 40.0 Å². The highest BCUT2D eigenvalue weighted by atomic mass is 16.6.